The number of nitriles is 1. The summed E-state index contributed by atoms with van der Waals surface area (Å²) in [5.74, 6) is -3.07. The Morgan fingerprint density at radius 2 is 1.97 bits per heavy atom. The number of aromatic nitrogens is 1. The lowest BCUT2D eigenvalue weighted by Gasteiger charge is -2.24. The van der Waals surface area contributed by atoms with Crippen molar-refractivity contribution in [2.75, 3.05) is 12.3 Å². The summed E-state index contributed by atoms with van der Waals surface area (Å²) in [5.41, 5.74) is -0.741. The minimum atomic E-state index is -3.93. The summed E-state index contributed by atoms with van der Waals surface area (Å²) >= 11 is 0. The number of ether oxygens (including phenoxy) is 1. The molecular weight excluding hydrogens is 461 g/mol. The molecule has 1 amide bonds. The molecule has 1 atom stereocenters. The lowest BCUT2D eigenvalue weighted by atomic mass is 10.2. The molecule has 0 aliphatic heterocycles. The van der Waals surface area contributed by atoms with E-state index in [4.69, 9.17) is 0 Å². The molecule has 0 unspecified atom stereocenters. The first-order valence-electron chi connectivity index (χ1n) is 9.90. The van der Waals surface area contributed by atoms with E-state index in [0.29, 0.717) is 18.4 Å². The third-order valence-electron chi connectivity index (χ3n) is 4.81. The van der Waals surface area contributed by atoms with Crippen molar-refractivity contribution in [1.82, 2.24) is 15.6 Å². The Morgan fingerprint density at radius 3 is 2.55 bits per heavy atom. The maximum Gasteiger partial charge on any atom is 0.410 e. The van der Waals surface area contributed by atoms with Gasteiger partial charge in [0.15, 0.2) is 9.84 Å². The van der Waals surface area contributed by atoms with Crippen molar-refractivity contribution in [2.24, 2.45) is 0 Å². The Morgan fingerprint density at radius 1 is 1.27 bits per heavy atom. The maximum atomic E-state index is 14.3. The molecule has 1 aliphatic carbocycles. The van der Waals surface area contributed by atoms with Crippen LogP contribution >= 0.6 is 0 Å². The van der Waals surface area contributed by atoms with E-state index >= 15 is 0 Å². The molecule has 2 N–H and O–H groups in total. The average molecular weight is 482 g/mol. The van der Waals surface area contributed by atoms with E-state index < -0.39 is 57.3 Å². The normalized spacial score (nSPS) is 15.8. The molecule has 1 aromatic heterocycles. The van der Waals surface area contributed by atoms with E-state index in [1.807, 2.05) is 6.07 Å². The summed E-state index contributed by atoms with van der Waals surface area (Å²) < 4.78 is 71.4. The SMILES string of the molecule is N#CC1(NC(=O)[C@H](CS(=O)(=O)Cc2cccnc2)NCC(F)(F)Oc2ccc(F)cc2)CC1. The fourth-order valence-corrected chi connectivity index (χ4v) is 4.52. The maximum absolute atomic E-state index is 14.3. The average Bonchev–Trinajstić information content (AvgIpc) is 3.53. The lowest BCUT2D eigenvalue weighted by molar-refractivity contribution is -0.172. The van der Waals surface area contributed by atoms with E-state index in [1.54, 1.807) is 6.07 Å². The molecule has 3 rings (SSSR count). The topological polar surface area (TPSA) is 121 Å². The monoisotopic (exact) mass is 482 g/mol. The zero-order chi connectivity index (χ0) is 24.1. The largest absolute Gasteiger partial charge is 0.432 e. The minimum Gasteiger partial charge on any atom is -0.432 e. The van der Waals surface area contributed by atoms with Crippen molar-refractivity contribution in [3.05, 3.63) is 60.2 Å². The molecule has 0 radical (unpaired) electrons. The molecule has 0 saturated heterocycles. The molecule has 0 spiro atoms. The third kappa shape index (κ3) is 7.44. The standard InChI is InChI=1S/C21H21F3N4O4S/c22-16-3-5-17(6-4-16)32-21(23,24)14-27-18(19(29)28-20(13-25)7-8-20)12-33(30,31)11-15-2-1-9-26-10-15/h1-6,9-10,18,27H,7-8,11-12,14H2,(H,28,29)/t18-/m0/s1. The Balaban J connectivity index is 1.70. The summed E-state index contributed by atoms with van der Waals surface area (Å²) in [4.78, 5) is 16.5. The Labute approximate surface area is 188 Å². The molecule has 1 heterocycles. The van der Waals surface area contributed by atoms with Gasteiger partial charge in [0.05, 0.1) is 17.6 Å². The third-order valence-corrected chi connectivity index (χ3v) is 6.42. The van der Waals surface area contributed by atoms with Gasteiger partial charge in [0.1, 0.15) is 29.7 Å². The zero-order valence-corrected chi connectivity index (χ0v) is 18.1. The van der Waals surface area contributed by atoms with Crippen LogP contribution in [0.25, 0.3) is 0 Å². The molecule has 1 fully saturated rings. The predicted molar refractivity (Wildman–Crippen MR) is 111 cm³/mol. The van der Waals surface area contributed by atoms with Crippen LogP contribution in [-0.2, 0) is 20.4 Å². The van der Waals surface area contributed by atoms with E-state index in [9.17, 15) is 31.6 Å². The lowest BCUT2D eigenvalue weighted by Crippen LogP contribution is -2.54. The smallest absolute Gasteiger partial charge is 0.410 e. The number of nitrogens with one attached hydrogen (secondary N) is 2. The second-order valence-corrected chi connectivity index (χ2v) is 9.83. The molecule has 12 heteroatoms. The molecule has 8 nitrogen and oxygen atoms in total. The van der Waals surface area contributed by atoms with Gasteiger partial charge in [-0.1, -0.05) is 6.07 Å². The van der Waals surface area contributed by atoms with Crippen LogP contribution < -0.4 is 15.4 Å². The summed E-state index contributed by atoms with van der Waals surface area (Å²) in [7, 11) is -3.93. The van der Waals surface area contributed by atoms with E-state index in [1.165, 1.54) is 18.5 Å². The number of nitrogens with zero attached hydrogens (tertiary/aromatic N) is 2. The number of sulfone groups is 1. The second kappa shape index (κ2) is 9.76. The summed E-state index contributed by atoms with van der Waals surface area (Å²) in [6, 6.07) is 7.34. The van der Waals surface area contributed by atoms with Crippen molar-refractivity contribution in [1.29, 1.82) is 5.26 Å². The summed E-state index contributed by atoms with van der Waals surface area (Å²) in [6.45, 7) is -1.20. The minimum absolute atomic E-state index is 0.310. The van der Waals surface area contributed by atoms with Crippen LogP contribution in [0.1, 0.15) is 18.4 Å². The van der Waals surface area contributed by atoms with Gasteiger partial charge in [-0.25, -0.2) is 12.8 Å². The van der Waals surface area contributed by atoms with Gasteiger partial charge in [-0.15, -0.1) is 0 Å². The molecule has 1 aromatic carbocycles. The van der Waals surface area contributed by atoms with E-state index in [-0.39, 0.29) is 5.75 Å². The van der Waals surface area contributed by atoms with E-state index in [2.05, 4.69) is 20.4 Å². The highest BCUT2D eigenvalue weighted by Gasteiger charge is 2.46. The van der Waals surface area contributed by atoms with Gasteiger partial charge < -0.3 is 10.1 Å². The van der Waals surface area contributed by atoms with E-state index in [0.717, 1.165) is 24.3 Å². The molecular formula is C21H21F3N4O4S. The van der Waals surface area contributed by atoms with Crippen molar-refractivity contribution < 1.29 is 31.1 Å². The first-order valence-corrected chi connectivity index (χ1v) is 11.7. The first kappa shape index (κ1) is 24.5. The van der Waals surface area contributed by atoms with Crippen molar-refractivity contribution in [3.8, 4) is 11.8 Å². The van der Waals surface area contributed by atoms with Gasteiger partial charge >= 0.3 is 6.11 Å². The van der Waals surface area contributed by atoms with Crippen molar-refractivity contribution >= 4 is 15.7 Å². The Kier molecular flexibility index (Phi) is 7.24. The molecule has 1 saturated carbocycles. The van der Waals surface area contributed by atoms with Crippen LogP contribution in [0.15, 0.2) is 48.8 Å². The van der Waals surface area contributed by atoms with Crippen molar-refractivity contribution in [2.45, 2.75) is 36.3 Å². The zero-order valence-electron chi connectivity index (χ0n) is 17.3. The fourth-order valence-electron chi connectivity index (χ4n) is 2.94. The van der Waals surface area contributed by atoms with Gasteiger partial charge in [0.25, 0.3) is 0 Å². The highest BCUT2D eigenvalue weighted by Crippen LogP contribution is 2.34. The van der Waals surface area contributed by atoms with Crippen LogP contribution in [0.4, 0.5) is 13.2 Å². The number of rotatable bonds is 11. The number of benzene rings is 1. The number of hydrogen-bond acceptors (Lipinski definition) is 7. The number of halogens is 3. The van der Waals surface area contributed by atoms with Crippen LogP contribution in [0, 0.1) is 17.1 Å². The fraction of sp³-hybridized carbons (Fsp3) is 0.381. The predicted octanol–water partition coefficient (Wildman–Crippen LogP) is 1.94. The van der Waals surface area contributed by atoms with Gasteiger partial charge in [-0.2, -0.15) is 14.0 Å². The van der Waals surface area contributed by atoms with Crippen molar-refractivity contribution in [3.63, 3.8) is 0 Å². The number of hydrogen-bond donors (Lipinski definition) is 2. The first-order chi connectivity index (χ1) is 15.5. The number of pyridine rings is 1. The van der Waals surface area contributed by atoms with Gasteiger partial charge in [-0.3, -0.25) is 15.1 Å². The number of carbonyl (C=O) groups is 1. The second-order valence-electron chi connectivity index (χ2n) is 7.73. The molecule has 1 aliphatic rings. The number of amides is 1. The molecule has 33 heavy (non-hydrogen) atoms. The molecule has 2 aromatic rings. The Bertz CT molecular complexity index is 1120. The highest BCUT2D eigenvalue weighted by molar-refractivity contribution is 7.90. The van der Waals surface area contributed by atoms with Gasteiger partial charge in [0.2, 0.25) is 5.91 Å². The summed E-state index contributed by atoms with van der Waals surface area (Å²) in [6.07, 6.45) is -0.258. The van der Waals surface area contributed by atoms with Crippen LogP contribution in [0.3, 0.4) is 0 Å². The van der Waals surface area contributed by atoms with Crippen LogP contribution in [0.2, 0.25) is 0 Å². The quantitative estimate of drug-likeness (QED) is 0.502. The van der Waals surface area contributed by atoms with Crippen LogP contribution in [0.5, 0.6) is 5.75 Å². The number of alkyl halides is 2. The van der Waals surface area contributed by atoms with Crippen LogP contribution in [-0.4, -0.2) is 49.3 Å². The van der Waals surface area contributed by atoms with Gasteiger partial charge in [-0.05, 0) is 48.7 Å². The van der Waals surface area contributed by atoms with Gasteiger partial charge in [0, 0.05) is 12.4 Å². The Hall–Kier alpha value is -3.17. The molecule has 176 valence electrons. The summed E-state index contributed by atoms with van der Waals surface area (Å²) in [5, 5.41) is 13.9. The highest BCUT2D eigenvalue weighted by atomic mass is 32.2. The number of carbonyl (C=O) groups excluding carboxylic acids is 1. The molecule has 0 bridgehead atoms.